The van der Waals surface area contributed by atoms with Crippen molar-refractivity contribution in [2.75, 3.05) is 47.2 Å². The van der Waals surface area contributed by atoms with Crippen LogP contribution < -0.4 is 9.47 Å². The maximum atomic E-state index is 12.1. The van der Waals surface area contributed by atoms with E-state index < -0.39 is 0 Å². The molecule has 116 valence electrons. The lowest BCUT2D eigenvalue weighted by atomic mass is 10.1. The number of hydrogen-bond acceptors (Lipinski definition) is 5. The molecule has 1 aliphatic rings. The van der Waals surface area contributed by atoms with E-state index in [2.05, 4.69) is 4.90 Å². The van der Waals surface area contributed by atoms with Crippen LogP contribution in [0.2, 0.25) is 0 Å². The molecule has 0 aromatic heterocycles. The molecule has 2 rings (SSSR count). The Morgan fingerprint density at radius 2 is 2.10 bits per heavy atom. The van der Waals surface area contributed by atoms with E-state index in [9.17, 15) is 4.79 Å². The van der Waals surface area contributed by atoms with Gasteiger partial charge in [0.25, 0.3) is 0 Å². The van der Waals surface area contributed by atoms with Gasteiger partial charge in [0, 0.05) is 18.7 Å². The van der Waals surface area contributed by atoms with Crippen molar-refractivity contribution in [2.24, 2.45) is 0 Å². The number of amides is 1. The first-order chi connectivity index (χ1) is 10.1. The standard InChI is InChI=1S/C15H22N2O3S/c1-16(2)8-9-17-13(18)10-21-15(17)11-6-5-7-12(19-3)14(11)20-4/h5-7,15H,8-10H2,1-4H3. The van der Waals surface area contributed by atoms with Crippen LogP contribution in [0.25, 0.3) is 0 Å². The molecule has 0 spiro atoms. The third-order valence-electron chi connectivity index (χ3n) is 3.46. The highest BCUT2D eigenvalue weighted by molar-refractivity contribution is 8.00. The van der Waals surface area contributed by atoms with Gasteiger partial charge in [-0.25, -0.2) is 0 Å². The van der Waals surface area contributed by atoms with Crippen LogP contribution in [0, 0.1) is 0 Å². The van der Waals surface area contributed by atoms with E-state index in [1.807, 2.05) is 37.2 Å². The SMILES string of the molecule is COc1cccc(C2SCC(=O)N2CCN(C)C)c1OC. The summed E-state index contributed by atoms with van der Waals surface area (Å²) >= 11 is 1.63. The first-order valence-electron chi connectivity index (χ1n) is 6.85. The lowest BCUT2D eigenvalue weighted by Gasteiger charge is -2.27. The number of carbonyl (C=O) groups excluding carboxylic acids is 1. The molecule has 6 heteroatoms. The maximum Gasteiger partial charge on any atom is 0.233 e. The van der Waals surface area contributed by atoms with E-state index in [4.69, 9.17) is 9.47 Å². The van der Waals surface area contributed by atoms with Gasteiger partial charge >= 0.3 is 0 Å². The van der Waals surface area contributed by atoms with Gasteiger partial charge in [-0.2, -0.15) is 0 Å². The molecule has 1 aromatic rings. The molecular formula is C15H22N2O3S. The fourth-order valence-electron chi connectivity index (χ4n) is 2.37. The van der Waals surface area contributed by atoms with Gasteiger partial charge in [-0.05, 0) is 20.2 Å². The Balaban J connectivity index is 2.29. The van der Waals surface area contributed by atoms with Gasteiger partial charge in [0.05, 0.1) is 20.0 Å². The smallest absolute Gasteiger partial charge is 0.233 e. The van der Waals surface area contributed by atoms with Crippen LogP contribution in [0.1, 0.15) is 10.9 Å². The van der Waals surface area contributed by atoms with Crippen LogP contribution >= 0.6 is 11.8 Å². The Morgan fingerprint density at radius 1 is 1.33 bits per heavy atom. The molecule has 21 heavy (non-hydrogen) atoms. The molecule has 1 atom stereocenters. The number of rotatable bonds is 6. The second kappa shape index (κ2) is 7.04. The van der Waals surface area contributed by atoms with Crippen molar-refractivity contribution in [3.05, 3.63) is 23.8 Å². The fraction of sp³-hybridized carbons (Fsp3) is 0.533. The Bertz CT molecular complexity index is 508. The van der Waals surface area contributed by atoms with Crippen LogP contribution in [0.3, 0.4) is 0 Å². The van der Waals surface area contributed by atoms with Crippen molar-refractivity contribution < 1.29 is 14.3 Å². The topological polar surface area (TPSA) is 42.0 Å². The Kier molecular flexibility index (Phi) is 5.36. The first kappa shape index (κ1) is 16.0. The largest absolute Gasteiger partial charge is 0.493 e. The molecule has 0 aliphatic carbocycles. The third kappa shape index (κ3) is 3.44. The summed E-state index contributed by atoms with van der Waals surface area (Å²) in [6.45, 7) is 1.55. The number of carbonyl (C=O) groups is 1. The minimum atomic E-state index is -0.0116. The lowest BCUT2D eigenvalue weighted by molar-refractivity contribution is -0.128. The summed E-state index contributed by atoms with van der Waals surface area (Å²) in [5, 5.41) is -0.0116. The number of ether oxygens (including phenoxy) is 2. The molecule has 1 aliphatic heterocycles. The van der Waals surface area contributed by atoms with Crippen LogP contribution in [0.15, 0.2) is 18.2 Å². The summed E-state index contributed by atoms with van der Waals surface area (Å²) in [5.41, 5.74) is 0.992. The van der Waals surface area contributed by atoms with Crippen LogP contribution in [0.5, 0.6) is 11.5 Å². The number of methoxy groups -OCH3 is 2. The fourth-order valence-corrected chi connectivity index (χ4v) is 3.60. The quantitative estimate of drug-likeness (QED) is 0.802. The minimum absolute atomic E-state index is 0.0116. The van der Waals surface area contributed by atoms with E-state index in [0.29, 0.717) is 23.8 Å². The van der Waals surface area contributed by atoms with Gasteiger partial charge in [-0.15, -0.1) is 11.8 Å². The summed E-state index contributed by atoms with van der Waals surface area (Å²) in [6.07, 6.45) is 0. The van der Waals surface area contributed by atoms with E-state index in [-0.39, 0.29) is 11.3 Å². The molecule has 0 N–H and O–H groups in total. The highest BCUT2D eigenvalue weighted by Gasteiger charge is 2.34. The predicted molar refractivity (Wildman–Crippen MR) is 85.0 cm³/mol. The summed E-state index contributed by atoms with van der Waals surface area (Å²) in [6, 6.07) is 5.80. The van der Waals surface area contributed by atoms with Crippen LogP contribution in [-0.4, -0.2) is 62.9 Å². The van der Waals surface area contributed by atoms with Gasteiger partial charge in [-0.3, -0.25) is 4.79 Å². The molecule has 0 saturated carbocycles. The Morgan fingerprint density at radius 3 is 2.71 bits per heavy atom. The first-order valence-corrected chi connectivity index (χ1v) is 7.90. The monoisotopic (exact) mass is 310 g/mol. The van der Waals surface area contributed by atoms with Crippen molar-refractivity contribution in [1.29, 1.82) is 0 Å². The van der Waals surface area contributed by atoms with Crippen molar-refractivity contribution in [3.8, 4) is 11.5 Å². The zero-order chi connectivity index (χ0) is 15.4. The van der Waals surface area contributed by atoms with E-state index in [1.54, 1.807) is 26.0 Å². The number of benzene rings is 1. The van der Waals surface area contributed by atoms with Crippen LogP contribution in [-0.2, 0) is 4.79 Å². The van der Waals surface area contributed by atoms with Gasteiger partial charge in [0.1, 0.15) is 5.37 Å². The minimum Gasteiger partial charge on any atom is -0.493 e. The summed E-state index contributed by atoms with van der Waals surface area (Å²) in [7, 11) is 7.27. The second-order valence-corrected chi connectivity index (χ2v) is 6.21. The third-order valence-corrected chi connectivity index (χ3v) is 4.69. The van der Waals surface area contributed by atoms with Crippen molar-refractivity contribution in [1.82, 2.24) is 9.80 Å². The van der Waals surface area contributed by atoms with E-state index in [1.165, 1.54) is 0 Å². The maximum absolute atomic E-state index is 12.1. The van der Waals surface area contributed by atoms with Crippen molar-refractivity contribution >= 4 is 17.7 Å². The average Bonchev–Trinajstić information content (AvgIpc) is 2.84. The molecule has 0 radical (unpaired) electrons. The summed E-state index contributed by atoms with van der Waals surface area (Å²) < 4.78 is 10.9. The molecule has 1 saturated heterocycles. The molecule has 1 unspecified atom stereocenters. The van der Waals surface area contributed by atoms with Crippen molar-refractivity contribution in [3.63, 3.8) is 0 Å². The van der Waals surface area contributed by atoms with E-state index in [0.717, 1.165) is 12.1 Å². The zero-order valence-electron chi connectivity index (χ0n) is 13.0. The molecule has 1 aromatic carbocycles. The predicted octanol–water partition coefficient (Wildman–Crippen LogP) is 1.84. The Hall–Kier alpha value is -1.40. The summed E-state index contributed by atoms with van der Waals surface area (Å²) in [4.78, 5) is 16.1. The molecule has 5 nitrogen and oxygen atoms in total. The summed E-state index contributed by atoms with van der Waals surface area (Å²) in [5.74, 6) is 2.10. The molecular weight excluding hydrogens is 288 g/mol. The normalized spacial score (nSPS) is 18.4. The average molecular weight is 310 g/mol. The number of nitrogens with zero attached hydrogens (tertiary/aromatic N) is 2. The van der Waals surface area contributed by atoms with Crippen molar-refractivity contribution in [2.45, 2.75) is 5.37 Å². The molecule has 1 amide bonds. The van der Waals surface area contributed by atoms with Gasteiger partial charge in [-0.1, -0.05) is 12.1 Å². The lowest BCUT2D eigenvalue weighted by Crippen LogP contribution is -2.34. The number of likely N-dealkylation sites (N-methyl/N-ethyl adjacent to an activating group) is 1. The van der Waals surface area contributed by atoms with E-state index >= 15 is 0 Å². The molecule has 1 heterocycles. The van der Waals surface area contributed by atoms with Crippen LogP contribution in [0.4, 0.5) is 0 Å². The number of thioether (sulfide) groups is 1. The second-order valence-electron chi connectivity index (χ2n) is 5.14. The van der Waals surface area contributed by atoms with Gasteiger partial charge in [0.2, 0.25) is 5.91 Å². The highest BCUT2D eigenvalue weighted by atomic mass is 32.2. The van der Waals surface area contributed by atoms with Gasteiger partial charge in [0.15, 0.2) is 11.5 Å². The van der Waals surface area contributed by atoms with Gasteiger partial charge < -0.3 is 19.3 Å². The molecule has 1 fully saturated rings. The number of hydrogen-bond donors (Lipinski definition) is 0. The molecule has 0 bridgehead atoms. The highest BCUT2D eigenvalue weighted by Crippen LogP contribution is 2.45. The number of para-hydroxylation sites is 1. The zero-order valence-corrected chi connectivity index (χ0v) is 13.8. The Labute approximate surface area is 130 Å².